The molecule has 0 N–H and O–H groups in total. The fourth-order valence-corrected chi connectivity index (χ4v) is 3.62. The molecule has 2 aromatic rings. The molecule has 1 atom stereocenters. The topological polar surface area (TPSA) is 42.2 Å². The van der Waals surface area contributed by atoms with Crippen LogP contribution in [0.2, 0.25) is 5.02 Å². The van der Waals surface area contributed by atoms with Gasteiger partial charge >= 0.3 is 0 Å². The first-order valence-electron chi connectivity index (χ1n) is 7.15. The Kier molecular flexibility index (Phi) is 4.83. The van der Waals surface area contributed by atoms with E-state index in [1.165, 1.54) is 25.8 Å². The van der Waals surface area contributed by atoms with E-state index < -0.39 is 0 Å². The van der Waals surface area contributed by atoms with E-state index in [0.717, 1.165) is 11.3 Å². The summed E-state index contributed by atoms with van der Waals surface area (Å²) in [5.41, 5.74) is 0.897. The fourth-order valence-electron chi connectivity index (χ4n) is 2.50. The van der Waals surface area contributed by atoms with Crippen molar-refractivity contribution in [2.75, 3.05) is 19.3 Å². The van der Waals surface area contributed by atoms with Crippen molar-refractivity contribution in [1.82, 2.24) is 15.1 Å². The van der Waals surface area contributed by atoms with Crippen molar-refractivity contribution >= 4 is 23.4 Å². The minimum atomic E-state index is 0.547. The van der Waals surface area contributed by atoms with Crippen LogP contribution in [-0.4, -0.2) is 40.5 Å². The lowest BCUT2D eigenvalue weighted by Crippen LogP contribution is -2.37. The van der Waals surface area contributed by atoms with Crippen LogP contribution >= 0.6 is 23.4 Å². The molecule has 112 valence electrons. The largest absolute Gasteiger partial charge is 0.411 e. The Hall–Kier alpha value is -1.04. The van der Waals surface area contributed by atoms with Crippen LogP contribution < -0.4 is 0 Å². The summed E-state index contributed by atoms with van der Waals surface area (Å²) in [6.45, 7) is 1.19. The van der Waals surface area contributed by atoms with E-state index in [-0.39, 0.29) is 0 Å². The number of benzene rings is 1. The average Bonchev–Trinajstić information content (AvgIpc) is 2.96. The van der Waals surface area contributed by atoms with Gasteiger partial charge < -0.3 is 9.32 Å². The van der Waals surface area contributed by atoms with Gasteiger partial charge in [-0.3, -0.25) is 0 Å². The lowest BCUT2D eigenvalue weighted by molar-refractivity contribution is 0.204. The molecular weight excluding hydrogens is 306 g/mol. The average molecular weight is 324 g/mol. The summed E-state index contributed by atoms with van der Waals surface area (Å²) in [4.78, 5) is 2.42. The van der Waals surface area contributed by atoms with Gasteiger partial charge in [-0.05, 0) is 50.7 Å². The summed E-state index contributed by atoms with van der Waals surface area (Å²) in [7, 11) is 2.19. The quantitative estimate of drug-likeness (QED) is 0.796. The Morgan fingerprint density at radius 2 is 2.10 bits per heavy atom. The molecule has 3 rings (SSSR count). The van der Waals surface area contributed by atoms with Crippen molar-refractivity contribution in [1.29, 1.82) is 0 Å². The second kappa shape index (κ2) is 6.81. The van der Waals surface area contributed by atoms with Crippen LogP contribution in [0.5, 0.6) is 0 Å². The van der Waals surface area contributed by atoms with E-state index in [1.54, 1.807) is 11.8 Å². The van der Waals surface area contributed by atoms with Crippen LogP contribution in [0.1, 0.15) is 19.3 Å². The van der Waals surface area contributed by atoms with Crippen molar-refractivity contribution in [3.05, 3.63) is 29.3 Å². The van der Waals surface area contributed by atoms with Gasteiger partial charge in [0, 0.05) is 22.4 Å². The summed E-state index contributed by atoms with van der Waals surface area (Å²) in [6, 6.07) is 8.03. The maximum atomic E-state index is 5.88. The number of halogens is 1. The molecule has 0 saturated carbocycles. The monoisotopic (exact) mass is 323 g/mol. The maximum absolute atomic E-state index is 5.88. The van der Waals surface area contributed by atoms with Crippen molar-refractivity contribution < 1.29 is 4.42 Å². The molecule has 0 spiro atoms. The lowest BCUT2D eigenvalue weighted by atomic mass is 10.1. The van der Waals surface area contributed by atoms with E-state index in [0.29, 0.717) is 22.2 Å². The van der Waals surface area contributed by atoms with E-state index in [9.17, 15) is 0 Å². The highest BCUT2D eigenvalue weighted by Gasteiger charge is 2.20. The van der Waals surface area contributed by atoms with Crippen molar-refractivity contribution in [2.45, 2.75) is 30.5 Å². The molecule has 0 bridgehead atoms. The number of piperidine rings is 1. The molecular formula is C15H18ClN3OS. The Morgan fingerprint density at radius 1 is 1.29 bits per heavy atom. The van der Waals surface area contributed by atoms with Crippen LogP contribution in [0.3, 0.4) is 0 Å². The molecule has 2 heterocycles. The second-order valence-electron chi connectivity index (χ2n) is 5.32. The van der Waals surface area contributed by atoms with Gasteiger partial charge in [0.1, 0.15) is 0 Å². The number of nitrogens with zero attached hydrogens (tertiary/aromatic N) is 3. The first-order valence-corrected chi connectivity index (χ1v) is 8.51. The highest BCUT2D eigenvalue weighted by Crippen LogP contribution is 2.27. The van der Waals surface area contributed by atoms with E-state index >= 15 is 0 Å². The number of hydrogen-bond acceptors (Lipinski definition) is 5. The van der Waals surface area contributed by atoms with Gasteiger partial charge in [-0.25, -0.2) is 0 Å². The van der Waals surface area contributed by atoms with Crippen LogP contribution in [0.4, 0.5) is 0 Å². The third kappa shape index (κ3) is 3.78. The van der Waals surface area contributed by atoms with Gasteiger partial charge in [0.25, 0.3) is 5.22 Å². The number of hydrogen-bond donors (Lipinski definition) is 0. The molecule has 1 unspecified atom stereocenters. The van der Waals surface area contributed by atoms with Gasteiger partial charge in [0.05, 0.1) is 0 Å². The van der Waals surface area contributed by atoms with Crippen LogP contribution in [0.25, 0.3) is 11.5 Å². The van der Waals surface area contributed by atoms with Gasteiger partial charge in [0.2, 0.25) is 5.89 Å². The smallest absolute Gasteiger partial charge is 0.276 e. The van der Waals surface area contributed by atoms with Gasteiger partial charge in [-0.1, -0.05) is 29.8 Å². The van der Waals surface area contributed by atoms with E-state index in [2.05, 4.69) is 22.1 Å². The highest BCUT2D eigenvalue weighted by atomic mass is 35.5. The molecule has 6 heteroatoms. The Balaban J connectivity index is 1.61. The molecule has 21 heavy (non-hydrogen) atoms. The summed E-state index contributed by atoms with van der Waals surface area (Å²) in [5, 5.41) is 9.56. The molecule has 1 aromatic heterocycles. The Bertz CT molecular complexity index is 587. The van der Waals surface area contributed by atoms with Gasteiger partial charge in [0.15, 0.2) is 0 Å². The normalized spacial score (nSPS) is 19.8. The molecule has 1 aliphatic rings. The summed E-state index contributed by atoms with van der Waals surface area (Å²) < 4.78 is 5.72. The molecule has 4 nitrogen and oxygen atoms in total. The molecule has 1 saturated heterocycles. The molecule has 1 aromatic carbocycles. The number of rotatable bonds is 4. The third-order valence-electron chi connectivity index (χ3n) is 3.82. The lowest BCUT2D eigenvalue weighted by Gasteiger charge is -2.31. The van der Waals surface area contributed by atoms with E-state index in [4.69, 9.17) is 16.0 Å². The zero-order chi connectivity index (χ0) is 14.7. The first-order chi connectivity index (χ1) is 10.2. The Labute approximate surface area is 133 Å². The van der Waals surface area contributed by atoms with Crippen LogP contribution in [0.15, 0.2) is 33.9 Å². The van der Waals surface area contributed by atoms with Crippen molar-refractivity contribution in [3.8, 4) is 11.5 Å². The summed E-state index contributed by atoms with van der Waals surface area (Å²) in [6.07, 6.45) is 3.87. The zero-order valence-electron chi connectivity index (χ0n) is 12.0. The molecule has 0 aliphatic carbocycles. The maximum Gasteiger partial charge on any atom is 0.276 e. The molecule has 1 aliphatic heterocycles. The predicted molar refractivity (Wildman–Crippen MR) is 85.7 cm³/mol. The Morgan fingerprint density at radius 3 is 2.86 bits per heavy atom. The SMILES string of the molecule is CN1CCCCC1CSc1nnc(-c2ccc(Cl)cc2)o1. The number of aromatic nitrogens is 2. The van der Waals surface area contributed by atoms with Gasteiger partial charge in [-0.15, -0.1) is 10.2 Å². The van der Waals surface area contributed by atoms with Crippen LogP contribution in [-0.2, 0) is 0 Å². The van der Waals surface area contributed by atoms with Gasteiger partial charge in [-0.2, -0.15) is 0 Å². The second-order valence-corrected chi connectivity index (χ2v) is 6.73. The van der Waals surface area contributed by atoms with Crippen molar-refractivity contribution in [3.63, 3.8) is 0 Å². The number of likely N-dealkylation sites (tertiary alicyclic amines) is 1. The van der Waals surface area contributed by atoms with Crippen LogP contribution in [0, 0.1) is 0 Å². The third-order valence-corrected chi connectivity index (χ3v) is 5.03. The standard InChI is InChI=1S/C15H18ClN3OS/c1-19-9-3-2-4-13(19)10-21-15-18-17-14(20-15)11-5-7-12(16)8-6-11/h5-8,13H,2-4,9-10H2,1H3. The summed E-state index contributed by atoms with van der Waals surface area (Å²) >= 11 is 7.52. The molecule has 1 fully saturated rings. The minimum absolute atomic E-state index is 0.547. The molecule has 0 amide bonds. The summed E-state index contributed by atoms with van der Waals surface area (Å²) in [5.74, 6) is 1.55. The fraction of sp³-hybridized carbons (Fsp3) is 0.467. The van der Waals surface area contributed by atoms with Crippen molar-refractivity contribution in [2.24, 2.45) is 0 Å². The van der Waals surface area contributed by atoms with E-state index in [1.807, 2.05) is 24.3 Å². The predicted octanol–water partition coefficient (Wildman–Crippen LogP) is 3.97. The zero-order valence-corrected chi connectivity index (χ0v) is 13.5. The molecule has 0 radical (unpaired) electrons. The highest BCUT2D eigenvalue weighted by molar-refractivity contribution is 7.99. The first kappa shape index (κ1) is 14.9. The number of thioether (sulfide) groups is 1. The minimum Gasteiger partial charge on any atom is -0.411 e.